The first-order valence-corrected chi connectivity index (χ1v) is 9.32. The fraction of sp³-hybridized carbons (Fsp3) is 0.550. The van der Waals surface area contributed by atoms with Crippen molar-refractivity contribution >= 4 is 23.6 Å². The molecule has 3 amide bonds. The predicted molar refractivity (Wildman–Crippen MR) is 106 cm³/mol. The van der Waals surface area contributed by atoms with Crippen molar-refractivity contribution in [3.63, 3.8) is 0 Å². The fourth-order valence-corrected chi connectivity index (χ4v) is 2.40. The van der Waals surface area contributed by atoms with Crippen LogP contribution in [0.5, 0.6) is 0 Å². The van der Waals surface area contributed by atoms with Crippen LogP contribution in [0.25, 0.3) is 0 Å². The highest BCUT2D eigenvalue weighted by Gasteiger charge is 2.16. The minimum absolute atomic E-state index is 0.0577. The molecule has 2 N–H and O–H groups in total. The summed E-state index contributed by atoms with van der Waals surface area (Å²) in [6.07, 6.45) is 0.248. The number of hydrogen-bond donors (Lipinski definition) is 2. The fourth-order valence-electron chi connectivity index (χ4n) is 2.40. The van der Waals surface area contributed by atoms with E-state index in [-0.39, 0.29) is 18.2 Å². The Kier molecular flexibility index (Phi) is 8.78. The van der Waals surface area contributed by atoms with E-state index in [1.165, 1.54) is 0 Å². The van der Waals surface area contributed by atoms with E-state index in [0.29, 0.717) is 37.3 Å². The number of alkyl carbamates (subject to hydrolysis) is 1. The zero-order chi connectivity index (χ0) is 20.4. The van der Waals surface area contributed by atoms with E-state index in [1.807, 2.05) is 13.8 Å². The van der Waals surface area contributed by atoms with Gasteiger partial charge >= 0.3 is 6.09 Å². The van der Waals surface area contributed by atoms with Crippen molar-refractivity contribution in [2.24, 2.45) is 0 Å². The van der Waals surface area contributed by atoms with Crippen molar-refractivity contribution < 1.29 is 19.1 Å². The van der Waals surface area contributed by atoms with Crippen molar-refractivity contribution in [3.8, 4) is 0 Å². The number of nitrogens with zero attached hydrogens (tertiary/aromatic N) is 1. The highest BCUT2D eigenvalue weighted by atomic mass is 16.6. The lowest BCUT2D eigenvalue weighted by Gasteiger charge is -2.19. The number of carbonyl (C=O) groups excluding carboxylic acids is 3. The lowest BCUT2D eigenvalue weighted by Crippen LogP contribution is -2.33. The summed E-state index contributed by atoms with van der Waals surface area (Å²) in [4.78, 5) is 37.7. The van der Waals surface area contributed by atoms with Gasteiger partial charge in [0.25, 0.3) is 5.91 Å². The Morgan fingerprint density at radius 2 is 1.78 bits per heavy atom. The zero-order valence-electron chi connectivity index (χ0n) is 16.9. The molecule has 0 spiro atoms. The van der Waals surface area contributed by atoms with Gasteiger partial charge in [0.15, 0.2) is 0 Å². The molecule has 1 aromatic carbocycles. The minimum atomic E-state index is -0.547. The van der Waals surface area contributed by atoms with Gasteiger partial charge in [0.05, 0.1) is 0 Å². The van der Waals surface area contributed by atoms with Crippen LogP contribution >= 0.6 is 0 Å². The number of carbonyl (C=O) groups is 3. The largest absolute Gasteiger partial charge is 0.444 e. The van der Waals surface area contributed by atoms with Gasteiger partial charge in [-0.05, 0) is 59.2 Å². The molecule has 0 aliphatic carbocycles. The lowest BCUT2D eigenvalue weighted by atomic mass is 10.1. The van der Waals surface area contributed by atoms with Gasteiger partial charge in [0.1, 0.15) is 5.60 Å². The number of hydrogen-bond acceptors (Lipinski definition) is 4. The van der Waals surface area contributed by atoms with E-state index in [1.54, 1.807) is 49.9 Å². The molecule has 7 nitrogen and oxygen atoms in total. The first-order valence-electron chi connectivity index (χ1n) is 9.32. The number of anilines is 1. The summed E-state index contributed by atoms with van der Waals surface area (Å²) in [5.74, 6) is -0.230. The molecular weight excluding hydrogens is 346 g/mol. The SMILES string of the molecule is CCN(CC)C(=O)c1cccc(NC(=O)CCCNC(=O)OC(C)(C)C)c1. The number of rotatable bonds is 8. The Balaban J connectivity index is 2.46. The normalized spacial score (nSPS) is 10.9. The Hall–Kier alpha value is -2.57. The third kappa shape index (κ3) is 8.57. The number of nitrogens with one attached hydrogen (secondary N) is 2. The molecule has 7 heteroatoms. The summed E-state index contributed by atoms with van der Waals surface area (Å²) in [5, 5.41) is 5.40. The number of ether oxygens (including phenoxy) is 1. The molecule has 1 aromatic rings. The monoisotopic (exact) mass is 377 g/mol. The van der Waals surface area contributed by atoms with Crippen molar-refractivity contribution in [3.05, 3.63) is 29.8 Å². The molecule has 0 aliphatic rings. The van der Waals surface area contributed by atoms with Crippen LogP contribution in [0.4, 0.5) is 10.5 Å². The van der Waals surface area contributed by atoms with Crippen LogP contribution in [-0.2, 0) is 9.53 Å². The molecule has 0 unspecified atom stereocenters. The highest BCUT2D eigenvalue weighted by Crippen LogP contribution is 2.13. The van der Waals surface area contributed by atoms with Gasteiger partial charge in [-0.1, -0.05) is 6.07 Å². The second kappa shape index (κ2) is 10.5. The third-order valence-corrected chi connectivity index (χ3v) is 3.69. The Labute approximate surface area is 161 Å². The molecule has 0 radical (unpaired) electrons. The average molecular weight is 377 g/mol. The summed E-state index contributed by atoms with van der Waals surface area (Å²) in [5.41, 5.74) is 0.580. The maximum absolute atomic E-state index is 12.4. The van der Waals surface area contributed by atoms with E-state index < -0.39 is 11.7 Å². The van der Waals surface area contributed by atoms with Crippen LogP contribution < -0.4 is 10.6 Å². The molecule has 0 saturated heterocycles. The molecule has 150 valence electrons. The van der Waals surface area contributed by atoms with Crippen LogP contribution in [-0.4, -0.2) is 48.0 Å². The summed E-state index contributed by atoms with van der Waals surface area (Å²) in [7, 11) is 0. The van der Waals surface area contributed by atoms with Gasteiger partial charge in [-0.25, -0.2) is 4.79 Å². The van der Waals surface area contributed by atoms with E-state index in [0.717, 1.165) is 0 Å². The van der Waals surface area contributed by atoms with Crippen molar-refractivity contribution in [2.45, 2.75) is 53.1 Å². The van der Waals surface area contributed by atoms with Gasteiger partial charge in [-0.3, -0.25) is 9.59 Å². The first kappa shape index (κ1) is 22.5. The Morgan fingerprint density at radius 3 is 2.37 bits per heavy atom. The van der Waals surface area contributed by atoms with Crippen molar-refractivity contribution in [1.82, 2.24) is 10.2 Å². The lowest BCUT2D eigenvalue weighted by molar-refractivity contribution is -0.116. The molecule has 0 aromatic heterocycles. The molecule has 0 heterocycles. The highest BCUT2D eigenvalue weighted by molar-refractivity contribution is 5.97. The first-order chi connectivity index (χ1) is 12.7. The van der Waals surface area contributed by atoms with E-state index in [2.05, 4.69) is 10.6 Å². The predicted octanol–water partition coefficient (Wildman–Crippen LogP) is 3.41. The molecule has 0 saturated carbocycles. The summed E-state index contributed by atoms with van der Waals surface area (Å²) in [6.45, 7) is 10.9. The maximum atomic E-state index is 12.4. The van der Waals surface area contributed by atoms with E-state index >= 15 is 0 Å². The van der Waals surface area contributed by atoms with Crippen LogP contribution in [0, 0.1) is 0 Å². The van der Waals surface area contributed by atoms with Crippen molar-refractivity contribution in [2.75, 3.05) is 25.0 Å². The van der Waals surface area contributed by atoms with E-state index in [9.17, 15) is 14.4 Å². The van der Waals surface area contributed by atoms with Crippen LogP contribution in [0.3, 0.4) is 0 Å². The smallest absolute Gasteiger partial charge is 0.407 e. The van der Waals surface area contributed by atoms with Gasteiger partial charge in [-0.15, -0.1) is 0 Å². The third-order valence-electron chi connectivity index (χ3n) is 3.69. The number of benzene rings is 1. The van der Waals surface area contributed by atoms with Crippen molar-refractivity contribution in [1.29, 1.82) is 0 Å². The summed E-state index contributed by atoms with van der Waals surface area (Å²) in [6, 6.07) is 6.91. The molecule has 0 aliphatic heterocycles. The van der Waals surface area contributed by atoms with Crippen LogP contribution in [0.2, 0.25) is 0 Å². The number of amides is 3. The van der Waals surface area contributed by atoms with Gasteiger partial charge in [0, 0.05) is 37.3 Å². The second-order valence-electron chi connectivity index (χ2n) is 7.14. The Morgan fingerprint density at radius 1 is 1.11 bits per heavy atom. The average Bonchev–Trinajstić information content (AvgIpc) is 2.58. The summed E-state index contributed by atoms with van der Waals surface area (Å²) >= 11 is 0. The van der Waals surface area contributed by atoms with Crippen LogP contribution in [0.1, 0.15) is 57.8 Å². The Bertz CT molecular complexity index is 649. The van der Waals surface area contributed by atoms with Gasteiger partial charge < -0.3 is 20.3 Å². The topological polar surface area (TPSA) is 87.7 Å². The molecule has 0 fully saturated rings. The standard InChI is InChI=1S/C20H31N3O4/c1-6-23(7-2)18(25)15-10-8-11-16(14-15)22-17(24)12-9-13-21-19(26)27-20(3,4)5/h8,10-11,14H,6-7,9,12-13H2,1-5H3,(H,21,26)(H,22,24). The maximum Gasteiger partial charge on any atom is 0.407 e. The zero-order valence-corrected chi connectivity index (χ0v) is 16.9. The van der Waals surface area contributed by atoms with Gasteiger partial charge in [0.2, 0.25) is 5.91 Å². The molecule has 1 rings (SSSR count). The molecule has 27 heavy (non-hydrogen) atoms. The summed E-state index contributed by atoms with van der Waals surface area (Å²) < 4.78 is 5.13. The molecular formula is C20H31N3O4. The molecule has 0 atom stereocenters. The van der Waals surface area contributed by atoms with Crippen LogP contribution in [0.15, 0.2) is 24.3 Å². The van der Waals surface area contributed by atoms with Gasteiger partial charge in [-0.2, -0.15) is 0 Å². The molecule has 0 bridgehead atoms. The quantitative estimate of drug-likeness (QED) is 0.680. The minimum Gasteiger partial charge on any atom is -0.444 e. The second-order valence-corrected chi connectivity index (χ2v) is 7.14. The van der Waals surface area contributed by atoms with E-state index in [4.69, 9.17) is 4.74 Å².